The molecule has 3 nitrogen and oxygen atoms in total. The number of nitrogens with zero attached hydrogens (tertiary/aromatic N) is 1. The third kappa shape index (κ3) is 4.72. The zero-order chi connectivity index (χ0) is 8.85. The van der Waals surface area contributed by atoms with Gasteiger partial charge in [0.05, 0.1) is 4.99 Å². The lowest BCUT2D eigenvalue weighted by Crippen LogP contribution is -2.31. The molecular weight excluding hydrogens is 160 g/mol. The van der Waals surface area contributed by atoms with Crippen molar-refractivity contribution in [3.8, 4) is 0 Å². The molecule has 0 saturated heterocycles. The van der Waals surface area contributed by atoms with Crippen LogP contribution in [0.25, 0.3) is 0 Å². The Morgan fingerprint density at radius 3 is 2.45 bits per heavy atom. The Labute approximate surface area is 72.5 Å². The highest BCUT2D eigenvalue weighted by molar-refractivity contribution is 7.80. The van der Waals surface area contributed by atoms with Gasteiger partial charge < -0.3 is 10.6 Å². The van der Waals surface area contributed by atoms with Crippen molar-refractivity contribution < 1.29 is 4.79 Å². The summed E-state index contributed by atoms with van der Waals surface area (Å²) in [7, 11) is 0. The number of carbonyl (C=O) groups is 1. The van der Waals surface area contributed by atoms with Crippen molar-refractivity contribution in [3.05, 3.63) is 0 Å². The molecule has 0 bridgehead atoms. The number of rotatable bonds is 4. The lowest BCUT2D eigenvalue weighted by molar-refractivity contribution is -0.128. The van der Waals surface area contributed by atoms with Gasteiger partial charge in [-0.25, -0.2) is 0 Å². The standard InChI is InChI=1S/C7H14N2OS/c1-3-9(6(2)10)5-4-7(8)11/h3-5H2,1-2H3,(H2,8,11). The number of carbonyl (C=O) groups excluding carboxylic acids is 1. The Morgan fingerprint density at radius 1 is 1.64 bits per heavy atom. The summed E-state index contributed by atoms with van der Waals surface area (Å²) in [4.78, 5) is 13.0. The van der Waals surface area contributed by atoms with Crippen molar-refractivity contribution in [1.82, 2.24) is 4.90 Å². The van der Waals surface area contributed by atoms with Crippen molar-refractivity contribution in [3.63, 3.8) is 0 Å². The molecule has 0 heterocycles. The van der Waals surface area contributed by atoms with Crippen LogP contribution in [0.1, 0.15) is 20.3 Å². The van der Waals surface area contributed by atoms with Gasteiger partial charge in [-0.15, -0.1) is 0 Å². The minimum Gasteiger partial charge on any atom is -0.393 e. The third-order valence-corrected chi connectivity index (χ3v) is 1.66. The molecule has 0 unspecified atom stereocenters. The average molecular weight is 174 g/mol. The Morgan fingerprint density at radius 2 is 2.18 bits per heavy atom. The largest absolute Gasteiger partial charge is 0.393 e. The van der Waals surface area contributed by atoms with Crippen LogP contribution in [0.4, 0.5) is 0 Å². The SMILES string of the molecule is CCN(CCC(N)=S)C(C)=O. The molecule has 0 saturated carbocycles. The van der Waals surface area contributed by atoms with Gasteiger partial charge in [0.1, 0.15) is 0 Å². The quantitative estimate of drug-likeness (QED) is 0.632. The molecule has 0 spiro atoms. The summed E-state index contributed by atoms with van der Waals surface area (Å²) < 4.78 is 0. The maximum absolute atomic E-state index is 10.8. The normalized spacial score (nSPS) is 9.27. The van der Waals surface area contributed by atoms with Crippen LogP contribution in [0, 0.1) is 0 Å². The van der Waals surface area contributed by atoms with Crippen LogP contribution in [0.2, 0.25) is 0 Å². The van der Waals surface area contributed by atoms with E-state index in [0.29, 0.717) is 18.0 Å². The van der Waals surface area contributed by atoms with Gasteiger partial charge in [-0.05, 0) is 6.92 Å². The first-order valence-corrected chi connectivity index (χ1v) is 4.02. The number of thiocarbonyl (C=S) groups is 1. The lowest BCUT2D eigenvalue weighted by Gasteiger charge is -2.17. The van der Waals surface area contributed by atoms with Gasteiger partial charge >= 0.3 is 0 Å². The summed E-state index contributed by atoms with van der Waals surface area (Å²) in [6, 6.07) is 0. The van der Waals surface area contributed by atoms with Gasteiger partial charge in [0.15, 0.2) is 0 Å². The maximum Gasteiger partial charge on any atom is 0.219 e. The number of amides is 1. The topological polar surface area (TPSA) is 46.3 Å². The molecule has 0 aromatic rings. The molecule has 0 rings (SSSR count). The van der Waals surface area contributed by atoms with Crippen LogP contribution in [0.15, 0.2) is 0 Å². The minimum atomic E-state index is 0.0729. The molecule has 11 heavy (non-hydrogen) atoms. The Hall–Kier alpha value is -0.640. The van der Waals surface area contributed by atoms with E-state index in [1.807, 2.05) is 6.92 Å². The number of nitrogens with two attached hydrogens (primary N) is 1. The molecule has 0 aromatic heterocycles. The highest BCUT2D eigenvalue weighted by Crippen LogP contribution is 1.91. The highest BCUT2D eigenvalue weighted by atomic mass is 32.1. The van der Waals surface area contributed by atoms with Crippen LogP contribution < -0.4 is 5.73 Å². The first-order valence-electron chi connectivity index (χ1n) is 3.61. The van der Waals surface area contributed by atoms with E-state index in [9.17, 15) is 4.79 Å². The van der Waals surface area contributed by atoms with Gasteiger partial charge in [0.2, 0.25) is 5.91 Å². The molecular formula is C7H14N2OS. The molecule has 1 amide bonds. The third-order valence-electron chi connectivity index (χ3n) is 1.46. The molecule has 2 N–H and O–H groups in total. The average Bonchev–Trinajstić information content (AvgIpc) is 1.87. The van der Waals surface area contributed by atoms with Gasteiger partial charge in [0.25, 0.3) is 0 Å². The molecule has 0 aliphatic carbocycles. The van der Waals surface area contributed by atoms with Crippen molar-refractivity contribution in [2.24, 2.45) is 5.73 Å². The van der Waals surface area contributed by atoms with E-state index < -0.39 is 0 Å². The lowest BCUT2D eigenvalue weighted by atomic mass is 10.3. The minimum absolute atomic E-state index is 0.0729. The fourth-order valence-corrected chi connectivity index (χ4v) is 0.875. The summed E-state index contributed by atoms with van der Waals surface area (Å²) in [5, 5.41) is 0. The zero-order valence-corrected chi connectivity index (χ0v) is 7.78. The first-order chi connectivity index (χ1) is 5.07. The summed E-state index contributed by atoms with van der Waals surface area (Å²) in [5.41, 5.74) is 5.29. The van der Waals surface area contributed by atoms with E-state index >= 15 is 0 Å². The number of hydrogen-bond acceptors (Lipinski definition) is 2. The zero-order valence-electron chi connectivity index (χ0n) is 6.96. The summed E-state index contributed by atoms with van der Waals surface area (Å²) in [5.74, 6) is 0.0729. The second-order valence-electron chi connectivity index (χ2n) is 2.32. The van der Waals surface area contributed by atoms with Crippen LogP contribution in [-0.2, 0) is 4.79 Å². The van der Waals surface area contributed by atoms with E-state index in [1.54, 1.807) is 11.8 Å². The van der Waals surface area contributed by atoms with Gasteiger partial charge in [-0.2, -0.15) is 0 Å². The van der Waals surface area contributed by atoms with Crippen molar-refractivity contribution in [2.75, 3.05) is 13.1 Å². The predicted molar refractivity (Wildman–Crippen MR) is 49.3 cm³/mol. The van der Waals surface area contributed by atoms with E-state index in [4.69, 9.17) is 5.73 Å². The molecule has 0 aliphatic rings. The monoisotopic (exact) mass is 174 g/mol. The molecule has 4 heteroatoms. The molecule has 0 radical (unpaired) electrons. The molecule has 0 fully saturated rings. The predicted octanol–water partition coefficient (Wildman–Crippen LogP) is 0.531. The van der Waals surface area contributed by atoms with Crippen LogP contribution >= 0.6 is 12.2 Å². The van der Waals surface area contributed by atoms with Gasteiger partial charge in [0, 0.05) is 26.4 Å². The molecule has 0 aliphatic heterocycles. The Balaban J connectivity index is 3.70. The maximum atomic E-state index is 10.8. The molecule has 64 valence electrons. The van der Waals surface area contributed by atoms with Crippen molar-refractivity contribution in [1.29, 1.82) is 0 Å². The summed E-state index contributed by atoms with van der Waals surface area (Å²) >= 11 is 4.69. The molecule has 0 aromatic carbocycles. The summed E-state index contributed by atoms with van der Waals surface area (Å²) in [6.07, 6.45) is 0.614. The van der Waals surface area contributed by atoms with E-state index in [-0.39, 0.29) is 5.91 Å². The van der Waals surface area contributed by atoms with Crippen molar-refractivity contribution in [2.45, 2.75) is 20.3 Å². The fraction of sp³-hybridized carbons (Fsp3) is 0.714. The fourth-order valence-electron chi connectivity index (χ4n) is 0.783. The Kier molecular flexibility index (Phi) is 4.77. The van der Waals surface area contributed by atoms with Crippen LogP contribution in [0.5, 0.6) is 0 Å². The Bertz CT molecular complexity index is 159. The summed E-state index contributed by atoms with van der Waals surface area (Å²) in [6.45, 7) is 4.84. The van der Waals surface area contributed by atoms with E-state index in [2.05, 4.69) is 12.2 Å². The smallest absolute Gasteiger partial charge is 0.219 e. The highest BCUT2D eigenvalue weighted by Gasteiger charge is 2.04. The first kappa shape index (κ1) is 10.4. The van der Waals surface area contributed by atoms with Crippen molar-refractivity contribution >= 4 is 23.1 Å². The molecule has 0 atom stereocenters. The van der Waals surface area contributed by atoms with Crippen LogP contribution in [-0.4, -0.2) is 28.9 Å². The number of hydrogen-bond donors (Lipinski definition) is 1. The van der Waals surface area contributed by atoms with E-state index in [0.717, 1.165) is 6.54 Å². The second kappa shape index (κ2) is 5.07. The van der Waals surface area contributed by atoms with E-state index in [1.165, 1.54) is 0 Å². The van der Waals surface area contributed by atoms with Gasteiger partial charge in [-0.1, -0.05) is 12.2 Å². The second-order valence-corrected chi connectivity index (χ2v) is 2.84. The van der Waals surface area contributed by atoms with Crippen LogP contribution in [0.3, 0.4) is 0 Å². The van der Waals surface area contributed by atoms with Gasteiger partial charge in [-0.3, -0.25) is 4.79 Å².